The van der Waals surface area contributed by atoms with E-state index in [2.05, 4.69) is 20.4 Å². The zero-order valence-corrected chi connectivity index (χ0v) is 20.4. The second-order valence-corrected chi connectivity index (χ2v) is 8.80. The predicted octanol–water partition coefficient (Wildman–Crippen LogP) is 4.19. The Balaban J connectivity index is 1.53. The van der Waals surface area contributed by atoms with Crippen LogP contribution in [0.4, 0.5) is 11.6 Å². The minimum atomic E-state index is -0.349. The summed E-state index contributed by atoms with van der Waals surface area (Å²) >= 11 is 0. The van der Waals surface area contributed by atoms with E-state index in [0.717, 1.165) is 12.8 Å². The van der Waals surface area contributed by atoms with Crippen LogP contribution in [0, 0.1) is 5.92 Å². The minimum Gasteiger partial charge on any atom is -0.491 e. The van der Waals surface area contributed by atoms with Gasteiger partial charge in [0.1, 0.15) is 11.5 Å². The Bertz CT molecular complexity index is 1190. The van der Waals surface area contributed by atoms with Gasteiger partial charge in [0.2, 0.25) is 11.8 Å². The minimum absolute atomic E-state index is 0.0157. The van der Waals surface area contributed by atoms with Gasteiger partial charge in [0, 0.05) is 43.9 Å². The molecule has 0 unspecified atom stereocenters. The van der Waals surface area contributed by atoms with Gasteiger partial charge in [0.25, 0.3) is 5.91 Å². The number of carbonyl (C=O) groups is 2. The molecule has 35 heavy (non-hydrogen) atoms. The van der Waals surface area contributed by atoms with Crippen LogP contribution in [0.25, 0.3) is 0 Å². The number of hydrogen-bond acceptors (Lipinski definition) is 7. The number of amides is 2. The van der Waals surface area contributed by atoms with E-state index in [0.29, 0.717) is 47.6 Å². The molecule has 0 spiro atoms. The number of aryl methyl sites for hydroxylation is 1. The highest BCUT2D eigenvalue weighted by atomic mass is 16.5. The molecule has 1 aliphatic carbocycles. The van der Waals surface area contributed by atoms with E-state index in [9.17, 15) is 9.59 Å². The van der Waals surface area contributed by atoms with Crippen LogP contribution in [-0.2, 0) is 11.8 Å². The average Bonchev–Trinajstić information content (AvgIpc) is 3.56. The van der Waals surface area contributed by atoms with Crippen molar-refractivity contribution in [1.82, 2.24) is 19.7 Å². The molecule has 1 aromatic carbocycles. The van der Waals surface area contributed by atoms with Crippen molar-refractivity contribution in [1.29, 1.82) is 0 Å². The van der Waals surface area contributed by atoms with Crippen LogP contribution in [0.15, 0.2) is 42.9 Å². The molecule has 0 aliphatic heterocycles. The third-order valence-corrected chi connectivity index (χ3v) is 5.32. The van der Waals surface area contributed by atoms with E-state index in [4.69, 9.17) is 9.47 Å². The van der Waals surface area contributed by atoms with E-state index in [1.807, 2.05) is 20.8 Å². The lowest BCUT2D eigenvalue weighted by Crippen LogP contribution is -2.33. The molecule has 0 saturated heterocycles. The molecule has 10 nitrogen and oxygen atoms in total. The maximum Gasteiger partial charge on any atom is 0.257 e. The number of nitrogens with one attached hydrogen (secondary N) is 1. The normalized spacial score (nSPS) is 12.9. The number of aromatic nitrogens is 4. The fourth-order valence-electron chi connectivity index (χ4n) is 3.47. The van der Waals surface area contributed by atoms with Gasteiger partial charge < -0.3 is 14.8 Å². The molecule has 1 saturated carbocycles. The number of hydrogen-bond donors (Lipinski definition) is 1. The summed E-state index contributed by atoms with van der Waals surface area (Å²) in [5, 5.41) is 6.94. The van der Waals surface area contributed by atoms with Gasteiger partial charge in [0.05, 0.1) is 18.5 Å². The standard InChI is InChI=1S/C25H30N6O4/c1-5-24(32)31(15-17-6-7-17)22-13-27-23(14-26-22)35-20-11-18(10-19(12-20)34-16(2)3)25(33)28-21-8-9-30(4)29-21/h8-14,16-17H,5-7,15H2,1-4H3,(H,28,29,33). The molecule has 3 aromatic rings. The fraction of sp³-hybridized carbons (Fsp3) is 0.400. The zero-order chi connectivity index (χ0) is 24.9. The Morgan fingerprint density at radius 2 is 1.94 bits per heavy atom. The molecule has 2 aromatic heterocycles. The summed E-state index contributed by atoms with van der Waals surface area (Å²) in [6.07, 6.45) is 7.32. The van der Waals surface area contributed by atoms with Crippen molar-refractivity contribution in [3.05, 3.63) is 48.4 Å². The molecule has 0 atom stereocenters. The molecular weight excluding hydrogens is 448 g/mol. The first kappa shape index (κ1) is 24.2. The van der Waals surface area contributed by atoms with Crippen LogP contribution in [-0.4, -0.2) is 44.2 Å². The van der Waals surface area contributed by atoms with Crippen LogP contribution >= 0.6 is 0 Å². The first-order valence-corrected chi connectivity index (χ1v) is 11.7. The second kappa shape index (κ2) is 10.5. The van der Waals surface area contributed by atoms with Gasteiger partial charge in [-0.1, -0.05) is 6.92 Å². The first-order chi connectivity index (χ1) is 16.8. The van der Waals surface area contributed by atoms with Crippen molar-refractivity contribution in [2.45, 2.75) is 46.1 Å². The summed E-state index contributed by atoms with van der Waals surface area (Å²) in [5.41, 5.74) is 0.345. The maximum absolute atomic E-state index is 12.8. The lowest BCUT2D eigenvalue weighted by atomic mass is 10.2. The van der Waals surface area contributed by atoms with E-state index in [1.54, 1.807) is 47.1 Å². The summed E-state index contributed by atoms with van der Waals surface area (Å²) in [4.78, 5) is 35.7. The van der Waals surface area contributed by atoms with Gasteiger partial charge >= 0.3 is 0 Å². The van der Waals surface area contributed by atoms with Crippen molar-refractivity contribution in [3.8, 4) is 17.4 Å². The van der Waals surface area contributed by atoms with Gasteiger partial charge in [-0.2, -0.15) is 5.10 Å². The molecule has 1 N–H and O–H groups in total. The van der Waals surface area contributed by atoms with Crippen LogP contribution < -0.4 is 19.7 Å². The molecule has 2 heterocycles. The summed E-state index contributed by atoms with van der Waals surface area (Å²) in [6.45, 7) is 6.29. The fourth-order valence-corrected chi connectivity index (χ4v) is 3.47. The van der Waals surface area contributed by atoms with Crippen molar-refractivity contribution >= 4 is 23.5 Å². The molecule has 1 fully saturated rings. The van der Waals surface area contributed by atoms with E-state index in [-0.39, 0.29) is 23.8 Å². The number of ether oxygens (including phenoxy) is 2. The Hall–Kier alpha value is -3.95. The highest BCUT2D eigenvalue weighted by Gasteiger charge is 2.28. The van der Waals surface area contributed by atoms with Gasteiger partial charge in [0.15, 0.2) is 11.6 Å². The predicted molar refractivity (Wildman–Crippen MR) is 131 cm³/mol. The van der Waals surface area contributed by atoms with E-state index in [1.165, 1.54) is 12.4 Å². The maximum atomic E-state index is 12.8. The van der Waals surface area contributed by atoms with Gasteiger partial charge in [-0.25, -0.2) is 9.97 Å². The number of rotatable bonds is 10. The molecule has 4 rings (SSSR count). The van der Waals surface area contributed by atoms with Crippen LogP contribution in [0.2, 0.25) is 0 Å². The molecule has 0 bridgehead atoms. The number of anilines is 2. The van der Waals surface area contributed by atoms with Crippen LogP contribution in [0.3, 0.4) is 0 Å². The summed E-state index contributed by atoms with van der Waals surface area (Å²) < 4.78 is 13.3. The number of carbonyl (C=O) groups excluding carboxylic acids is 2. The summed E-state index contributed by atoms with van der Waals surface area (Å²) in [7, 11) is 1.77. The average molecular weight is 479 g/mol. The van der Waals surface area contributed by atoms with Crippen molar-refractivity contribution in [2.24, 2.45) is 13.0 Å². The van der Waals surface area contributed by atoms with Gasteiger partial charge in [-0.15, -0.1) is 0 Å². The van der Waals surface area contributed by atoms with Gasteiger partial charge in [-0.3, -0.25) is 19.2 Å². The van der Waals surface area contributed by atoms with Gasteiger partial charge in [-0.05, 0) is 44.7 Å². The zero-order valence-electron chi connectivity index (χ0n) is 20.4. The third-order valence-electron chi connectivity index (χ3n) is 5.32. The smallest absolute Gasteiger partial charge is 0.257 e. The number of benzene rings is 1. The highest BCUT2D eigenvalue weighted by Crippen LogP contribution is 2.32. The van der Waals surface area contributed by atoms with Crippen molar-refractivity contribution in [3.63, 3.8) is 0 Å². The molecule has 10 heteroatoms. The molecule has 184 valence electrons. The van der Waals surface area contributed by atoms with E-state index >= 15 is 0 Å². The van der Waals surface area contributed by atoms with Crippen molar-refractivity contribution in [2.75, 3.05) is 16.8 Å². The Morgan fingerprint density at radius 1 is 1.17 bits per heavy atom. The molecule has 2 amide bonds. The quantitative estimate of drug-likeness (QED) is 0.465. The monoisotopic (exact) mass is 478 g/mol. The SMILES string of the molecule is CCC(=O)N(CC1CC1)c1cnc(Oc2cc(OC(C)C)cc(C(=O)Nc3ccn(C)n3)c2)cn1. The van der Waals surface area contributed by atoms with E-state index < -0.39 is 0 Å². The summed E-state index contributed by atoms with van der Waals surface area (Å²) in [6, 6.07) is 6.64. The molecule has 0 radical (unpaired) electrons. The topological polar surface area (TPSA) is 111 Å². The Labute approximate surface area is 204 Å². The lowest BCUT2D eigenvalue weighted by molar-refractivity contribution is -0.118. The van der Waals surface area contributed by atoms with Crippen LogP contribution in [0.5, 0.6) is 17.4 Å². The van der Waals surface area contributed by atoms with Crippen molar-refractivity contribution < 1.29 is 19.1 Å². The lowest BCUT2D eigenvalue weighted by Gasteiger charge is -2.20. The second-order valence-electron chi connectivity index (χ2n) is 8.80. The molecule has 1 aliphatic rings. The Kier molecular flexibility index (Phi) is 7.28. The third kappa shape index (κ3) is 6.56. The first-order valence-electron chi connectivity index (χ1n) is 11.7. The summed E-state index contributed by atoms with van der Waals surface area (Å²) in [5.74, 6) is 2.23. The van der Waals surface area contributed by atoms with Crippen LogP contribution in [0.1, 0.15) is 50.4 Å². The Morgan fingerprint density at radius 3 is 2.54 bits per heavy atom. The number of nitrogens with zero attached hydrogens (tertiary/aromatic N) is 5. The highest BCUT2D eigenvalue weighted by molar-refractivity contribution is 6.04. The molecular formula is C25H30N6O4. The largest absolute Gasteiger partial charge is 0.491 e.